The van der Waals surface area contributed by atoms with Crippen LogP contribution in [-0.4, -0.2) is 42.6 Å². The molecule has 1 aromatic rings. The van der Waals surface area contributed by atoms with E-state index in [1.165, 1.54) is 0 Å². The van der Waals surface area contributed by atoms with Gasteiger partial charge in [0.25, 0.3) is 5.91 Å². The molecule has 0 radical (unpaired) electrons. The summed E-state index contributed by atoms with van der Waals surface area (Å²) >= 11 is 0. The molecule has 7 heteroatoms. The van der Waals surface area contributed by atoms with Gasteiger partial charge in [-0.3, -0.25) is 14.4 Å². The molecule has 130 valence electrons. The maximum atomic E-state index is 12.3. The lowest BCUT2D eigenvalue weighted by Gasteiger charge is -2.33. The van der Waals surface area contributed by atoms with Crippen molar-refractivity contribution in [3.8, 4) is 0 Å². The molecule has 0 aliphatic carbocycles. The number of benzene rings is 1. The fourth-order valence-corrected chi connectivity index (χ4v) is 2.57. The van der Waals surface area contributed by atoms with Crippen LogP contribution >= 0.6 is 0 Å². The SMILES string of the molecule is CCC(=O)Nc1cccc(C(=O)NCC2(C(=O)O)CCOCC2)c1. The Morgan fingerprint density at radius 2 is 1.96 bits per heavy atom. The Morgan fingerprint density at radius 1 is 1.25 bits per heavy atom. The second kappa shape index (κ2) is 7.92. The van der Waals surface area contributed by atoms with Gasteiger partial charge in [-0.15, -0.1) is 0 Å². The Morgan fingerprint density at radius 3 is 2.58 bits per heavy atom. The molecule has 1 heterocycles. The van der Waals surface area contributed by atoms with E-state index in [1.54, 1.807) is 31.2 Å². The van der Waals surface area contributed by atoms with Crippen LogP contribution in [0.2, 0.25) is 0 Å². The van der Waals surface area contributed by atoms with Gasteiger partial charge in [0.1, 0.15) is 0 Å². The summed E-state index contributed by atoms with van der Waals surface area (Å²) in [4.78, 5) is 35.3. The normalized spacial score (nSPS) is 16.2. The predicted molar refractivity (Wildman–Crippen MR) is 87.8 cm³/mol. The molecule has 0 spiro atoms. The van der Waals surface area contributed by atoms with Gasteiger partial charge >= 0.3 is 5.97 Å². The number of carboxylic acid groups (broad SMARTS) is 1. The van der Waals surface area contributed by atoms with Gasteiger partial charge < -0.3 is 20.5 Å². The van der Waals surface area contributed by atoms with Crippen molar-refractivity contribution in [2.75, 3.05) is 25.1 Å². The minimum Gasteiger partial charge on any atom is -0.481 e. The van der Waals surface area contributed by atoms with Crippen molar-refractivity contribution in [3.63, 3.8) is 0 Å². The molecular formula is C17H22N2O5. The third-order valence-electron chi connectivity index (χ3n) is 4.22. The molecule has 2 amide bonds. The molecule has 0 saturated carbocycles. The van der Waals surface area contributed by atoms with Gasteiger partial charge in [-0.1, -0.05) is 13.0 Å². The number of hydrogen-bond donors (Lipinski definition) is 3. The Bertz CT molecular complexity index is 623. The number of anilines is 1. The van der Waals surface area contributed by atoms with Crippen LogP contribution in [0.1, 0.15) is 36.5 Å². The van der Waals surface area contributed by atoms with Gasteiger partial charge in [-0.25, -0.2) is 0 Å². The van der Waals surface area contributed by atoms with Crippen LogP contribution in [0.15, 0.2) is 24.3 Å². The van der Waals surface area contributed by atoms with E-state index in [1.807, 2.05) is 0 Å². The molecule has 7 nitrogen and oxygen atoms in total. The molecule has 1 aliphatic heterocycles. The van der Waals surface area contributed by atoms with E-state index in [2.05, 4.69) is 10.6 Å². The van der Waals surface area contributed by atoms with Crippen molar-refractivity contribution < 1.29 is 24.2 Å². The minimum atomic E-state index is -0.984. The largest absolute Gasteiger partial charge is 0.481 e. The highest BCUT2D eigenvalue weighted by Crippen LogP contribution is 2.30. The standard InChI is InChI=1S/C17H22N2O5/c1-2-14(20)19-13-5-3-4-12(10-13)15(21)18-11-17(16(22)23)6-8-24-9-7-17/h3-5,10H,2,6-9,11H2,1H3,(H,18,21)(H,19,20)(H,22,23). The van der Waals surface area contributed by atoms with Crippen LogP contribution in [0.3, 0.4) is 0 Å². The number of carbonyl (C=O) groups excluding carboxylic acids is 2. The second-order valence-corrected chi connectivity index (χ2v) is 5.86. The molecule has 0 aromatic heterocycles. The molecule has 2 rings (SSSR count). The van der Waals surface area contributed by atoms with Crippen LogP contribution in [0.25, 0.3) is 0 Å². The van der Waals surface area contributed by atoms with Gasteiger partial charge in [0.05, 0.1) is 5.41 Å². The molecular weight excluding hydrogens is 312 g/mol. The Balaban J connectivity index is 2.02. The van der Waals surface area contributed by atoms with Crippen molar-refractivity contribution in [3.05, 3.63) is 29.8 Å². The van der Waals surface area contributed by atoms with Gasteiger partial charge in [0.15, 0.2) is 0 Å². The highest BCUT2D eigenvalue weighted by Gasteiger charge is 2.40. The van der Waals surface area contributed by atoms with Crippen LogP contribution in [0.5, 0.6) is 0 Å². The van der Waals surface area contributed by atoms with Crippen LogP contribution < -0.4 is 10.6 Å². The first kappa shape index (κ1) is 17.9. The summed E-state index contributed by atoms with van der Waals surface area (Å²) in [6, 6.07) is 6.55. The fraction of sp³-hybridized carbons (Fsp3) is 0.471. The van der Waals surface area contributed by atoms with Crippen molar-refractivity contribution in [2.24, 2.45) is 5.41 Å². The smallest absolute Gasteiger partial charge is 0.311 e. The van der Waals surface area contributed by atoms with E-state index in [0.29, 0.717) is 43.7 Å². The molecule has 24 heavy (non-hydrogen) atoms. The van der Waals surface area contributed by atoms with Gasteiger partial charge in [0.2, 0.25) is 5.91 Å². The van der Waals surface area contributed by atoms with Crippen molar-refractivity contribution in [1.29, 1.82) is 0 Å². The molecule has 1 fully saturated rings. The predicted octanol–water partition coefficient (Wildman–Crippen LogP) is 1.65. The van der Waals surface area contributed by atoms with E-state index in [0.717, 1.165) is 0 Å². The highest BCUT2D eigenvalue weighted by molar-refractivity contribution is 5.97. The lowest BCUT2D eigenvalue weighted by atomic mass is 9.80. The first-order valence-electron chi connectivity index (χ1n) is 7.96. The molecule has 3 N–H and O–H groups in total. The number of ether oxygens (including phenoxy) is 1. The third-order valence-corrected chi connectivity index (χ3v) is 4.22. The maximum Gasteiger partial charge on any atom is 0.311 e. The summed E-state index contributed by atoms with van der Waals surface area (Å²) < 4.78 is 5.21. The summed E-state index contributed by atoms with van der Waals surface area (Å²) in [6.45, 7) is 2.54. The monoisotopic (exact) mass is 334 g/mol. The average molecular weight is 334 g/mol. The average Bonchev–Trinajstić information content (AvgIpc) is 2.60. The molecule has 1 saturated heterocycles. The zero-order valence-corrected chi connectivity index (χ0v) is 13.6. The Labute approximate surface area is 140 Å². The van der Waals surface area contributed by atoms with Crippen molar-refractivity contribution >= 4 is 23.5 Å². The topological polar surface area (TPSA) is 105 Å². The number of nitrogens with one attached hydrogen (secondary N) is 2. The Kier molecular flexibility index (Phi) is 5.92. The third kappa shape index (κ3) is 4.32. The van der Waals surface area contributed by atoms with Crippen LogP contribution in [0.4, 0.5) is 5.69 Å². The second-order valence-electron chi connectivity index (χ2n) is 5.86. The number of rotatable bonds is 6. The minimum absolute atomic E-state index is 0.0517. The lowest BCUT2D eigenvalue weighted by molar-refractivity contribution is -0.154. The van der Waals surface area contributed by atoms with Crippen molar-refractivity contribution in [2.45, 2.75) is 26.2 Å². The summed E-state index contributed by atoms with van der Waals surface area (Å²) in [5.74, 6) is -1.43. The van der Waals surface area contributed by atoms with Crippen LogP contribution in [-0.2, 0) is 14.3 Å². The first-order chi connectivity index (χ1) is 11.5. The van der Waals surface area contributed by atoms with Gasteiger partial charge in [-0.05, 0) is 31.0 Å². The Hall–Kier alpha value is -2.41. The molecule has 0 bridgehead atoms. The number of carbonyl (C=O) groups is 3. The van der Waals surface area contributed by atoms with Gasteiger partial charge in [-0.2, -0.15) is 0 Å². The number of amides is 2. The molecule has 0 atom stereocenters. The van der Waals surface area contributed by atoms with E-state index in [9.17, 15) is 19.5 Å². The van der Waals surface area contributed by atoms with Gasteiger partial charge in [0, 0.05) is 37.4 Å². The number of aliphatic carboxylic acids is 1. The fourth-order valence-electron chi connectivity index (χ4n) is 2.57. The van der Waals surface area contributed by atoms with Crippen molar-refractivity contribution in [1.82, 2.24) is 5.32 Å². The zero-order chi connectivity index (χ0) is 17.6. The van der Waals surface area contributed by atoms with E-state index < -0.39 is 11.4 Å². The zero-order valence-electron chi connectivity index (χ0n) is 13.6. The van der Waals surface area contributed by atoms with E-state index in [4.69, 9.17) is 4.74 Å². The lowest BCUT2D eigenvalue weighted by Crippen LogP contribution is -2.46. The summed E-state index contributed by atoms with van der Waals surface area (Å²) in [6.07, 6.45) is 1.09. The molecule has 1 aromatic carbocycles. The summed E-state index contributed by atoms with van der Waals surface area (Å²) in [5, 5.41) is 14.9. The quantitative estimate of drug-likeness (QED) is 0.733. The van der Waals surface area contributed by atoms with Crippen LogP contribution in [0, 0.1) is 5.41 Å². The van der Waals surface area contributed by atoms with E-state index >= 15 is 0 Å². The molecule has 0 unspecified atom stereocenters. The first-order valence-corrected chi connectivity index (χ1v) is 7.96. The highest BCUT2D eigenvalue weighted by atomic mass is 16.5. The maximum absolute atomic E-state index is 12.3. The molecule has 1 aliphatic rings. The summed E-state index contributed by atoms with van der Waals surface area (Å²) in [7, 11) is 0. The number of hydrogen-bond acceptors (Lipinski definition) is 4. The summed E-state index contributed by atoms with van der Waals surface area (Å²) in [5.41, 5.74) is -0.0768. The number of carboxylic acids is 1. The van der Waals surface area contributed by atoms with E-state index in [-0.39, 0.29) is 18.4 Å².